The number of rotatable bonds is 5. The van der Waals surface area contributed by atoms with E-state index in [0.29, 0.717) is 16.8 Å². The third-order valence-electron chi connectivity index (χ3n) is 4.15. The van der Waals surface area contributed by atoms with Crippen molar-refractivity contribution in [1.29, 1.82) is 0 Å². The highest BCUT2D eigenvalue weighted by Crippen LogP contribution is 2.36. The zero-order valence-corrected chi connectivity index (χ0v) is 16.2. The van der Waals surface area contributed by atoms with Gasteiger partial charge >= 0.3 is 0 Å². The summed E-state index contributed by atoms with van der Waals surface area (Å²) in [5.41, 5.74) is 2.94. The summed E-state index contributed by atoms with van der Waals surface area (Å²) in [6.07, 6.45) is 3.32. The van der Waals surface area contributed by atoms with Gasteiger partial charge in [0.2, 0.25) is 0 Å². The number of anilines is 1. The van der Waals surface area contributed by atoms with Gasteiger partial charge in [-0.1, -0.05) is 49.3 Å². The van der Waals surface area contributed by atoms with Crippen molar-refractivity contribution in [1.82, 2.24) is 15.1 Å². The molecule has 0 unspecified atom stereocenters. The number of pyridine rings is 1. The average molecular weight is 390 g/mol. The smallest absolute Gasteiger partial charge is 0.279 e. The van der Waals surface area contributed by atoms with E-state index in [1.54, 1.807) is 30.6 Å². The first-order valence-corrected chi connectivity index (χ1v) is 9.68. The Morgan fingerprint density at radius 2 is 1.82 bits per heavy atom. The van der Waals surface area contributed by atoms with Crippen LogP contribution in [0, 0.1) is 0 Å². The molecule has 4 aromatic rings. The fourth-order valence-electron chi connectivity index (χ4n) is 2.78. The van der Waals surface area contributed by atoms with Gasteiger partial charge in [-0.2, -0.15) is 0 Å². The van der Waals surface area contributed by atoms with Crippen molar-refractivity contribution in [3.8, 4) is 22.6 Å². The zero-order chi connectivity index (χ0) is 19.5. The number of nitrogens with one attached hydrogen (secondary N) is 1. The number of thiazole rings is 1. The Morgan fingerprint density at radius 1 is 1.07 bits per heavy atom. The van der Waals surface area contributed by atoms with E-state index in [1.165, 1.54) is 11.3 Å². The Labute approximate surface area is 166 Å². The molecule has 3 heterocycles. The van der Waals surface area contributed by atoms with Gasteiger partial charge < -0.3 is 4.52 Å². The molecule has 7 heteroatoms. The highest BCUT2D eigenvalue weighted by atomic mass is 32.1. The highest BCUT2D eigenvalue weighted by Gasteiger charge is 2.19. The van der Waals surface area contributed by atoms with Crippen LogP contribution in [0.3, 0.4) is 0 Å². The van der Waals surface area contributed by atoms with Gasteiger partial charge in [0, 0.05) is 34.5 Å². The number of carbonyl (C=O) groups excluding carboxylic acids is 1. The number of nitrogens with zero attached hydrogens (tertiary/aromatic N) is 3. The highest BCUT2D eigenvalue weighted by molar-refractivity contribution is 7.16. The van der Waals surface area contributed by atoms with Crippen molar-refractivity contribution in [2.45, 2.75) is 19.8 Å². The third-order valence-corrected chi connectivity index (χ3v) is 5.42. The van der Waals surface area contributed by atoms with E-state index in [1.807, 2.05) is 30.3 Å². The maximum absolute atomic E-state index is 12.6. The minimum absolute atomic E-state index is 0.203. The number of benzene rings is 1. The summed E-state index contributed by atoms with van der Waals surface area (Å²) in [7, 11) is 0. The molecule has 0 saturated heterocycles. The molecular weight excluding hydrogens is 372 g/mol. The fourth-order valence-corrected chi connectivity index (χ4v) is 3.76. The topological polar surface area (TPSA) is 80.9 Å². The molecule has 0 aliphatic carbocycles. The predicted molar refractivity (Wildman–Crippen MR) is 109 cm³/mol. The van der Waals surface area contributed by atoms with Crippen LogP contribution in [0.15, 0.2) is 65.4 Å². The molecule has 140 valence electrons. The van der Waals surface area contributed by atoms with Crippen molar-refractivity contribution in [3.05, 3.63) is 71.5 Å². The Hall–Kier alpha value is -3.32. The first-order valence-electron chi connectivity index (χ1n) is 8.86. The van der Waals surface area contributed by atoms with Gasteiger partial charge in [-0.15, -0.1) is 11.3 Å². The van der Waals surface area contributed by atoms with Crippen LogP contribution in [0.5, 0.6) is 0 Å². The molecule has 1 aromatic carbocycles. The monoisotopic (exact) mass is 390 g/mol. The summed E-state index contributed by atoms with van der Waals surface area (Å²) in [5, 5.41) is 7.27. The second kappa shape index (κ2) is 7.74. The van der Waals surface area contributed by atoms with Crippen molar-refractivity contribution in [3.63, 3.8) is 0 Å². The van der Waals surface area contributed by atoms with E-state index in [0.717, 1.165) is 21.7 Å². The lowest BCUT2D eigenvalue weighted by molar-refractivity contribution is 0.101. The number of aromatic nitrogens is 3. The molecule has 1 amide bonds. The van der Waals surface area contributed by atoms with Crippen molar-refractivity contribution < 1.29 is 9.32 Å². The van der Waals surface area contributed by atoms with Crippen LogP contribution >= 0.6 is 11.3 Å². The van der Waals surface area contributed by atoms with Crippen LogP contribution in [0.1, 0.15) is 35.1 Å². The summed E-state index contributed by atoms with van der Waals surface area (Å²) in [4.78, 5) is 22.4. The van der Waals surface area contributed by atoms with Crippen molar-refractivity contribution in [2.75, 3.05) is 5.32 Å². The second-order valence-corrected chi connectivity index (χ2v) is 7.55. The van der Waals surface area contributed by atoms with Gasteiger partial charge in [0.25, 0.3) is 5.91 Å². The normalized spacial score (nSPS) is 11.0. The lowest BCUT2D eigenvalue weighted by atomic mass is 10.1. The number of carbonyl (C=O) groups is 1. The maximum Gasteiger partial charge on any atom is 0.279 e. The SMILES string of the molecule is CC(C)c1sc(NC(=O)c2cc(-c3ccncc3)on2)nc1-c1ccccc1. The molecule has 6 nitrogen and oxygen atoms in total. The fraction of sp³-hybridized carbons (Fsp3) is 0.143. The van der Waals surface area contributed by atoms with Crippen LogP contribution in [-0.4, -0.2) is 21.0 Å². The number of hydrogen-bond acceptors (Lipinski definition) is 6. The number of hydrogen-bond donors (Lipinski definition) is 1. The van der Waals surface area contributed by atoms with Crippen molar-refractivity contribution >= 4 is 22.4 Å². The Kier molecular flexibility index (Phi) is 4.99. The van der Waals surface area contributed by atoms with E-state index >= 15 is 0 Å². The predicted octanol–water partition coefficient (Wildman–Crippen LogP) is 5.24. The molecule has 0 spiro atoms. The maximum atomic E-state index is 12.6. The van der Waals surface area contributed by atoms with Gasteiger partial charge in [0.05, 0.1) is 5.69 Å². The van der Waals surface area contributed by atoms with Crippen molar-refractivity contribution in [2.24, 2.45) is 0 Å². The van der Waals surface area contributed by atoms with Gasteiger partial charge in [-0.05, 0) is 18.1 Å². The molecule has 0 fully saturated rings. The summed E-state index contributed by atoms with van der Waals surface area (Å²) in [6.45, 7) is 4.23. The molecule has 4 rings (SSSR count). The lowest BCUT2D eigenvalue weighted by Crippen LogP contribution is -2.11. The zero-order valence-electron chi connectivity index (χ0n) is 15.4. The first kappa shape index (κ1) is 18.1. The summed E-state index contributed by atoms with van der Waals surface area (Å²) >= 11 is 1.48. The molecular formula is C21H18N4O2S. The molecule has 0 bridgehead atoms. The standard InChI is InChI=1S/C21H18N4O2S/c1-13(2)19-18(15-6-4-3-5-7-15)23-21(28-19)24-20(26)16-12-17(27-25-16)14-8-10-22-11-9-14/h3-13H,1-2H3,(H,23,24,26). The molecule has 0 aliphatic rings. The Morgan fingerprint density at radius 3 is 2.54 bits per heavy atom. The molecule has 0 saturated carbocycles. The van der Waals surface area contributed by atoms with Gasteiger partial charge in [-0.25, -0.2) is 4.98 Å². The minimum Gasteiger partial charge on any atom is -0.355 e. The molecule has 3 aromatic heterocycles. The van der Waals surface area contributed by atoms with Crippen LogP contribution in [-0.2, 0) is 0 Å². The Bertz CT molecular complexity index is 1090. The average Bonchev–Trinajstić information content (AvgIpc) is 3.37. The summed E-state index contributed by atoms with van der Waals surface area (Å²) < 4.78 is 5.29. The molecule has 0 atom stereocenters. The van der Waals surface area contributed by atoms with E-state index < -0.39 is 0 Å². The van der Waals surface area contributed by atoms with Crippen LogP contribution in [0.2, 0.25) is 0 Å². The molecule has 1 N–H and O–H groups in total. The Balaban J connectivity index is 1.58. The van der Waals surface area contributed by atoms with Crippen LogP contribution in [0.4, 0.5) is 5.13 Å². The van der Waals surface area contributed by atoms with Crippen LogP contribution < -0.4 is 5.32 Å². The van der Waals surface area contributed by atoms with Crippen LogP contribution in [0.25, 0.3) is 22.6 Å². The van der Waals surface area contributed by atoms with Gasteiger partial charge in [-0.3, -0.25) is 15.1 Å². The number of amides is 1. The van der Waals surface area contributed by atoms with Gasteiger partial charge in [0.15, 0.2) is 16.6 Å². The largest absolute Gasteiger partial charge is 0.355 e. The van der Waals surface area contributed by atoms with E-state index in [-0.39, 0.29) is 11.6 Å². The quantitative estimate of drug-likeness (QED) is 0.504. The minimum atomic E-state index is -0.354. The summed E-state index contributed by atoms with van der Waals surface area (Å²) in [6, 6.07) is 15.2. The molecule has 28 heavy (non-hydrogen) atoms. The molecule has 0 radical (unpaired) electrons. The van der Waals surface area contributed by atoms with E-state index in [9.17, 15) is 4.79 Å². The lowest BCUT2D eigenvalue weighted by Gasteiger charge is -2.04. The summed E-state index contributed by atoms with van der Waals surface area (Å²) in [5.74, 6) is 0.455. The van der Waals surface area contributed by atoms with E-state index in [2.05, 4.69) is 34.3 Å². The second-order valence-electron chi connectivity index (χ2n) is 6.52. The first-order chi connectivity index (χ1) is 13.6. The third kappa shape index (κ3) is 3.70. The van der Waals surface area contributed by atoms with Gasteiger partial charge in [0.1, 0.15) is 0 Å². The molecule has 0 aliphatic heterocycles. The van der Waals surface area contributed by atoms with E-state index in [4.69, 9.17) is 4.52 Å².